The van der Waals surface area contributed by atoms with Gasteiger partial charge >= 0.3 is 0 Å². The molecule has 0 spiro atoms. The number of fused-ring (bicyclic) bond motifs is 1. The van der Waals surface area contributed by atoms with Crippen molar-refractivity contribution in [3.63, 3.8) is 0 Å². The van der Waals surface area contributed by atoms with Crippen LogP contribution in [0.3, 0.4) is 0 Å². The Hall–Kier alpha value is -2.07. The number of aromatic amines is 1. The zero-order chi connectivity index (χ0) is 14.2. The summed E-state index contributed by atoms with van der Waals surface area (Å²) < 4.78 is 1.07. The molecule has 0 saturated heterocycles. The lowest BCUT2D eigenvalue weighted by Gasteiger charge is -2.06. The Morgan fingerprint density at radius 1 is 1.10 bits per heavy atom. The lowest BCUT2D eigenvalue weighted by molar-refractivity contribution is 0.0868. The van der Waals surface area contributed by atoms with Gasteiger partial charge in [-0.3, -0.25) is 0 Å². The fourth-order valence-corrected chi connectivity index (χ4v) is 2.98. The molecule has 4 heteroatoms. The van der Waals surface area contributed by atoms with E-state index in [2.05, 4.69) is 50.3 Å². The van der Waals surface area contributed by atoms with Crippen LogP contribution >= 0.6 is 15.9 Å². The van der Waals surface area contributed by atoms with Gasteiger partial charge in [-0.2, -0.15) is 0 Å². The summed E-state index contributed by atoms with van der Waals surface area (Å²) in [5, 5.41) is 5.47. The summed E-state index contributed by atoms with van der Waals surface area (Å²) in [5.74, 6) is 0. The summed E-state index contributed by atoms with van der Waals surface area (Å²) >= 11 is 3.45. The van der Waals surface area contributed by atoms with Crippen LogP contribution in [0.5, 0.6) is 0 Å². The van der Waals surface area contributed by atoms with E-state index in [1.807, 2.05) is 30.5 Å². The lowest BCUT2D eigenvalue weighted by atomic mass is 10.00. The number of hydrogen-bond donors (Lipinski definition) is 1. The number of nitrogens with one attached hydrogen (secondary N) is 1. The molecule has 1 aliphatic heterocycles. The molecule has 1 atom stereocenters. The Labute approximate surface area is 130 Å². The van der Waals surface area contributed by atoms with Crippen molar-refractivity contribution in [2.24, 2.45) is 5.16 Å². The van der Waals surface area contributed by atoms with Gasteiger partial charge in [0.2, 0.25) is 0 Å². The van der Waals surface area contributed by atoms with Gasteiger partial charge in [-0.15, -0.1) is 0 Å². The predicted octanol–water partition coefficient (Wildman–Crippen LogP) is 4.80. The molecule has 21 heavy (non-hydrogen) atoms. The first-order valence-corrected chi connectivity index (χ1v) is 7.65. The molecule has 1 aliphatic rings. The number of para-hydroxylation sites is 1. The van der Waals surface area contributed by atoms with E-state index in [1.54, 1.807) is 0 Å². The molecule has 0 saturated carbocycles. The normalized spacial score (nSPS) is 17.8. The molecule has 0 bridgehead atoms. The van der Waals surface area contributed by atoms with Crippen molar-refractivity contribution >= 4 is 32.5 Å². The van der Waals surface area contributed by atoms with E-state index in [0.29, 0.717) is 0 Å². The van der Waals surface area contributed by atoms with Crippen LogP contribution in [-0.2, 0) is 4.84 Å². The van der Waals surface area contributed by atoms with Crippen LogP contribution in [0.2, 0.25) is 0 Å². The summed E-state index contributed by atoms with van der Waals surface area (Å²) in [5.41, 5.74) is 4.41. The number of halogens is 1. The summed E-state index contributed by atoms with van der Waals surface area (Å²) in [6, 6.07) is 16.4. The largest absolute Gasteiger partial charge is 0.387 e. The summed E-state index contributed by atoms with van der Waals surface area (Å²) in [6.07, 6.45) is 2.80. The topological polar surface area (TPSA) is 37.4 Å². The monoisotopic (exact) mass is 340 g/mol. The van der Waals surface area contributed by atoms with E-state index >= 15 is 0 Å². The van der Waals surface area contributed by atoms with Gasteiger partial charge in [0.05, 0.1) is 5.71 Å². The number of rotatable bonds is 2. The summed E-state index contributed by atoms with van der Waals surface area (Å²) in [4.78, 5) is 8.95. The van der Waals surface area contributed by atoms with Gasteiger partial charge in [-0.25, -0.2) is 0 Å². The second-order valence-electron chi connectivity index (χ2n) is 5.13. The molecular formula is C17H13BrN2O. The summed E-state index contributed by atoms with van der Waals surface area (Å²) in [7, 11) is 0. The Morgan fingerprint density at radius 3 is 2.76 bits per heavy atom. The SMILES string of the molecule is Brc1ccc(C2=NOC(c3c[nH]c4ccccc34)C2)cc1. The van der Waals surface area contributed by atoms with Gasteiger partial charge in [0, 0.05) is 33.6 Å². The van der Waals surface area contributed by atoms with E-state index in [1.165, 1.54) is 10.9 Å². The molecule has 2 aromatic carbocycles. The highest BCUT2D eigenvalue weighted by atomic mass is 79.9. The Balaban J connectivity index is 1.62. The second-order valence-corrected chi connectivity index (χ2v) is 6.05. The van der Waals surface area contributed by atoms with Crippen molar-refractivity contribution in [3.05, 3.63) is 70.3 Å². The molecule has 1 aromatic heterocycles. The minimum atomic E-state index is -0.0141. The van der Waals surface area contributed by atoms with Crippen LogP contribution in [0.4, 0.5) is 0 Å². The van der Waals surface area contributed by atoms with E-state index in [0.717, 1.165) is 27.7 Å². The zero-order valence-corrected chi connectivity index (χ0v) is 12.8. The van der Waals surface area contributed by atoms with Gasteiger partial charge in [0.1, 0.15) is 0 Å². The lowest BCUT2D eigenvalue weighted by Crippen LogP contribution is -2.01. The Kier molecular flexibility index (Phi) is 3.04. The van der Waals surface area contributed by atoms with Gasteiger partial charge in [0.25, 0.3) is 0 Å². The highest BCUT2D eigenvalue weighted by Crippen LogP contribution is 2.34. The maximum atomic E-state index is 5.66. The highest BCUT2D eigenvalue weighted by molar-refractivity contribution is 9.10. The minimum Gasteiger partial charge on any atom is -0.387 e. The molecule has 3 aromatic rings. The number of benzene rings is 2. The van der Waals surface area contributed by atoms with Crippen LogP contribution in [0.1, 0.15) is 23.7 Å². The molecule has 3 nitrogen and oxygen atoms in total. The molecule has 0 aliphatic carbocycles. The fraction of sp³-hybridized carbons (Fsp3) is 0.118. The summed E-state index contributed by atoms with van der Waals surface area (Å²) in [6.45, 7) is 0. The smallest absolute Gasteiger partial charge is 0.160 e. The van der Waals surface area contributed by atoms with E-state index in [-0.39, 0.29) is 6.10 Å². The Bertz CT molecular complexity index is 820. The van der Waals surface area contributed by atoms with Crippen molar-refractivity contribution < 1.29 is 4.84 Å². The quantitative estimate of drug-likeness (QED) is 0.715. The predicted molar refractivity (Wildman–Crippen MR) is 87.4 cm³/mol. The first kappa shape index (κ1) is 12.7. The third kappa shape index (κ3) is 2.25. The number of aromatic nitrogens is 1. The maximum Gasteiger partial charge on any atom is 0.160 e. The third-order valence-electron chi connectivity index (χ3n) is 3.81. The van der Waals surface area contributed by atoms with Crippen molar-refractivity contribution in [2.45, 2.75) is 12.5 Å². The number of hydrogen-bond acceptors (Lipinski definition) is 2. The van der Waals surface area contributed by atoms with Crippen LogP contribution in [0.15, 0.2) is 64.4 Å². The van der Waals surface area contributed by atoms with Crippen LogP contribution < -0.4 is 0 Å². The molecule has 0 amide bonds. The molecule has 104 valence electrons. The van der Waals surface area contributed by atoms with Crippen LogP contribution in [-0.4, -0.2) is 10.7 Å². The first-order chi connectivity index (χ1) is 10.3. The van der Waals surface area contributed by atoms with E-state index in [9.17, 15) is 0 Å². The van der Waals surface area contributed by atoms with Crippen molar-refractivity contribution in [3.8, 4) is 0 Å². The van der Waals surface area contributed by atoms with Gasteiger partial charge in [-0.1, -0.05) is 51.4 Å². The standard InChI is InChI=1S/C17H13BrN2O/c18-12-7-5-11(6-8-12)16-9-17(21-20-16)14-10-19-15-4-2-1-3-13(14)15/h1-8,10,17,19H,9H2. The average molecular weight is 341 g/mol. The second kappa shape index (κ2) is 5.04. The van der Waals surface area contributed by atoms with E-state index in [4.69, 9.17) is 4.84 Å². The third-order valence-corrected chi connectivity index (χ3v) is 4.34. The first-order valence-electron chi connectivity index (χ1n) is 6.86. The van der Waals surface area contributed by atoms with Crippen molar-refractivity contribution in [1.82, 2.24) is 4.98 Å². The fourth-order valence-electron chi connectivity index (χ4n) is 2.72. The molecule has 1 N–H and O–H groups in total. The Morgan fingerprint density at radius 2 is 1.90 bits per heavy atom. The van der Waals surface area contributed by atoms with Gasteiger partial charge < -0.3 is 9.82 Å². The average Bonchev–Trinajstić information content (AvgIpc) is 3.14. The molecular weight excluding hydrogens is 328 g/mol. The number of oxime groups is 1. The van der Waals surface area contributed by atoms with Crippen molar-refractivity contribution in [1.29, 1.82) is 0 Å². The molecule has 0 fully saturated rings. The zero-order valence-electron chi connectivity index (χ0n) is 11.2. The molecule has 4 rings (SSSR count). The minimum absolute atomic E-state index is 0.0141. The van der Waals surface area contributed by atoms with Crippen molar-refractivity contribution in [2.75, 3.05) is 0 Å². The van der Waals surface area contributed by atoms with Gasteiger partial charge in [-0.05, 0) is 23.8 Å². The van der Waals surface area contributed by atoms with Crippen LogP contribution in [0.25, 0.3) is 10.9 Å². The maximum absolute atomic E-state index is 5.66. The van der Waals surface area contributed by atoms with Crippen LogP contribution in [0, 0.1) is 0 Å². The molecule has 2 heterocycles. The number of nitrogens with zero attached hydrogens (tertiary/aromatic N) is 1. The molecule has 0 radical (unpaired) electrons. The molecule has 1 unspecified atom stereocenters. The number of H-pyrrole nitrogens is 1. The van der Waals surface area contributed by atoms with Gasteiger partial charge in [0.15, 0.2) is 6.10 Å². The highest BCUT2D eigenvalue weighted by Gasteiger charge is 2.25. The van der Waals surface area contributed by atoms with E-state index < -0.39 is 0 Å².